The normalized spacial score (nSPS) is 26.3. The Bertz CT molecular complexity index is 1650. The minimum Gasteiger partial charge on any atom is -0.461 e. The van der Waals surface area contributed by atoms with Gasteiger partial charge in [-0.25, -0.2) is 8.78 Å². The molecule has 7 rings (SSSR count). The summed E-state index contributed by atoms with van der Waals surface area (Å²) in [4.78, 5) is 18.1. The Balaban J connectivity index is 1.34. The second-order valence-corrected chi connectivity index (χ2v) is 12.1. The van der Waals surface area contributed by atoms with E-state index in [4.69, 9.17) is 21.3 Å². The number of halogens is 3. The van der Waals surface area contributed by atoms with E-state index in [1.165, 1.54) is 0 Å². The van der Waals surface area contributed by atoms with Gasteiger partial charge in [0.1, 0.15) is 29.8 Å². The SMILES string of the molecule is CN[C@@H]1CN(c2nc(OC[C@@]34CCCN3C[C@H](F)C4)nc3c(F)c(-c4cccc5cccc(Cl)c45)ncc23)CC[C@H]1O. The summed E-state index contributed by atoms with van der Waals surface area (Å²) in [7, 11) is 1.80. The third-order valence-corrected chi connectivity index (χ3v) is 9.55. The topological polar surface area (TPSA) is 86.6 Å². The van der Waals surface area contributed by atoms with Gasteiger partial charge in [0.05, 0.1) is 23.1 Å². The first-order valence-electron chi connectivity index (χ1n) is 14.5. The lowest BCUT2D eigenvalue weighted by Gasteiger charge is -2.37. The molecule has 0 radical (unpaired) electrons. The number of hydrogen-bond donors (Lipinski definition) is 2. The number of ether oxygens (including phenoxy) is 1. The molecule has 11 heteroatoms. The predicted molar refractivity (Wildman–Crippen MR) is 159 cm³/mol. The number of aliphatic hydroxyl groups excluding tert-OH is 1. The highest BCUT2D eigenvalue weighted by atomic mass is 35.5. The van der Waals surface area contributed by atoms with Crippen molar-refractivity contribution in [2.24, 2.45) is 0 Å². The number of aromatic nitrogens is 3. The van der Waals surface area contributed by atoms with Crippen LogP contribution in [0.15, 0.2) is 42.6 Å². The van der Waals surface area contributed by atoms with Gasteiger partial charge < -0.3 is 20.1 Å². The summed E-state index contributed by atoms with van der Waals surface area (Å²) >= 11 is 6.57. The second-order valence-electron chi connectivity index (χ2n) is 11.7. The molecule has 0 aliphatic carbocycles. The highest BCUT2D eigenvalue weighted by molar-refractivity contribution is 6.36. The molecule has 2 aromatic heterocycles. The van der Waals surface area contributed by atoms with E-state index in [9.17, 15) is 9.50 Å². The van der Waals surface area contributed by atoms with E-state index in [2.05, 4.69) is 20.2 Å². The fraction of sp³-hybridized carbons (Fsp3) is 0.452. The molecule has 0 unspecified atom stereocenters. The van der Waals surface area contributed by atoms with E-state index in [0.717, 1.165) is 24.8 Å². The summed E-state index contributed by atoms with van der Waals surface area (Å²) in [6.45, 7) is 2.47. The van der Waals surface area contributed by atoms with Gasteiger partial charge in [0.25, 0.3) is 0 Å². The van der Waals surface area contributed by atoms with Crippen molar-refractivity contribution >= 4 is 39.1 Å². The lowest BCUT2D eigenvalue weighted by atomic mass is 9.95. The molecule has 4 aromatic rings. The molecule has 2 N–H and O–H groups in total. The Labute approximate surface area is 247 Å². The zero-order valence-electron chi connectivity index (χ0n) is 23.4. The number of likely N-dealkylation sites (N-methyl/N-ethyl adjacent to an activating group) is 1. The molecule has 3 saturated heterocycles. The maximum atomic E-state index is 16.6. The fourth-order valence-electron chi connectivity index (χ4n) is 7.07. The van der Waals surface area contributed by atoms with Crippen molar-refractivity contribution in [3.63, 3.8) is 0 Å². The lowest BCUT2D eigenvalue weighted by Crippen LogP contribution is -2.53. The van der Waals surface area contributed by atoms with Crippen LogP contribution < -0.4 is 15.0 Å². The number of nitrogens with zero attached hydrogens (tertiary/aromatic N) is 5. The van der Waals surface area contributed by atoms with Gasteiger partial charge >= 0.3 is 6.01 Å². The molecule has 0 saturated carbocycles. The Hall–Kier alpha value is -3.18. The van der Waals surface area contributed by atoms with Crippen LogP contribution in [0.25, 0.3) is 32.9 Å². The van der Waals surface area contributed by atoms with E-state index in [0.29, 0.717) is 59.7 Å². The molecule has 42 heavy (non-hydrogen) atoms. The molecule has 220 valence electrons. The third-order valence-electron chi connectivity index (χ3n) is 9.23. The molecule has 8 nitrogen and oxygen atoms in total. The number of anilines is 1. The van der Waals surface area contributed by atoms with Crippen molar-refractivity contribution < 1.29 is 18.6 Å². The number of hydrogen-bond acceptors (Lipinski definition) is 8. The number of benzene rings is 2. The van der Waals surface area contributed by atoms with Gasteiger partial charge in [-0.15, -0.1) is 0 Å². The maximum absolute atomic E-state index is 16.6. The first kappa shape index (κ1) is 27.6. The first-order chi connectivity index (χ1) is 20.4. The molecular formula is C31H33ClF2N6O2. The molecule has 3 fully saturated rings. The molecule has 0 spiro atoms. The van der Waals surface area contributed by atoms with Gasteiger partial charge in [0.15, 0.2) is 5.82 Å². The van der Waals surface area contributed by atoms with Gasteiger partial charge in [0, 0.05) is 48.2 Å². The van der Waals surface area contributed by atoms with E-state index in [-0.39, 0.29) is 29.9 Å². The first-order valence-corrected chi connectivity index (χ1v) is 14.9. The van der Waals surface area contributed by atoms with E-state index >= 15 is 4.39 Å². The largest absolute Gasteiger partial charge is 0.461 e. The van der Waals surface area contributed by atoms with Crippen LogP contribution in [0.2, 0.25) is 5.02 Å². The maximum Gasteiger partial charge on any atom is 0.319 e. The van der Waals surface area contributed by atoms with E-state index in [1.54, 1.807) is 25.4 Å². The Kier molecular flexibility index (Phi) is 7.12. The molecule has 3 aliphatic rings. The molecule has 0 bridgehead atoms. The summed E-state index contributed by atoms with van der Waals surface area (Å²) in [6.07, 6.45) is 2.96. The van der Waals surface area contributed by atoms with Crippen LogP contribution >= 0.6 is 11.6 Å². The predicted octanol–water partition coefficient (Wildman–Crippen LogP) is 4.75. The molecule has 4 atom stereocenters. The van der Waals surface area contributed by atoms with Crippen molar-refractivity contribution in [1.82, 2.24) is 25.2 Å². The Morgan fingerprint density at radius 3 is 2.83 bits per heavy atom. The average molecular weight is 595 g/mol. The molecule has 5 heterocycles. The van der Waals surface area contributed by atoms with Crippen LogP contribution in [-0.4, -0.2) is 88.6 Å². The number of alkyl halides is 1. The minimum atomic E-state index is -0.890. The third kappa shape index (κ3) is 4.65. The lowest BCUT2D eigenvalue weighted by molar-refractivity contribution is 0.106. The quantitative estimate of drug-likeness (QED) is 0.331. The second kappa shape index (κ2) is 10.8. The average Bonchev–Trinajstić information content (AvgIpc) is 3.52. The van der Waals surface area contributed by atoms with Crippen LogP contribution in [0, 0.1) is 5.82 Å². The number of fused-ring (bicyclic) bond motifs is 3. The van der Waals surface area contributed by atoms with Crippen LogP contribution in [0.3, 0.4) is 0 Å². The van der Waals surface area contributed by atoms with Gasteiger partial charge in [-0.2, -0.15) is 9.97 Å². The van der Waals surface area contributed by atoms with Crippen molar-refractivity contribution in [1.29, 1.82) is 0 Å². The Morgan fingerprint density at radius 1 is 1.17 bits per heavy atom. The van der Waals surface area contributed by atoms with Gasteiger partial charge in [-0.1, -0.05) is 41.9 Å². The number of piperidine rings is 1. The molecule has 0 amide bonds. The van der Waals surface area contributed by atoms with E-state index in [1.807, 2.05) is 29.2 Å². The monoisotopic (exact) mass is 594 g/mol. The summed E-state index contributed by atoms with van der Waals surface area (Å²) < 4.78 is 37.2. The highest BCUT2D eigenvalue weighted by Gasteiger charge is 2.49. The number of nitrogens with one attached hydrogen (secondary N) is 1. The van der Waals surface area contributed by atoms with Crippen LogP contribution in [0.1, 0.15) is 25.7 Å². The summed E-state index contributed by atoms with van der Waals surface area (Å²) in [5.74, 6) is -0.104. The number of rotatable bonds is 6. The zero-order valence-corrected chi connectivity index (χ0v) is 24.1. The summed E-state index contributed by atoms with van der Waals surface area (Å²) in [5, 5.41) is 16.2. The van der Waals surface area contributed by atoms with Crippen molar-refractivity contribution in [3.05, 3.63) is 53.4 Å². The molecule has 2 aromatic carbocycles. The van der Waals surface area contributed by atoms with Gasteiger partial charge in [-0.3, -0.25) is 9.88 Å². The molecular weight excluding hydrogens is 562 g/mol. The zero-order chi connectivity index (χ0) is 29.0. The van der Waals surface area contributed by atoms with Crippen molar-refractivity contribution in [2.45, 2.75) is 49.5 Å². The van der Waals surface area contributed by atoms with E-state index < -0.39 is 23.6 Å². The number of pyridine rings is 1. The van der Waals surface area contributed by atoms with Crippen molar-refractivity contribution in [3.8, 4) is 17.3 Å². The molecule has 3 aliphatic heterocycles. The smallest absolute Gasteiger partial charge is 0.319 e. The van der Waals surface area contributed by atoms with Gasteiger partial charge in [-0.05, 0) is 44.3 Å². The van der Waals surface area contributed by atoms with Crippen LogP contribution in [-0.2, 0) is 0 Å². The highest BCUT2D eigenvalue weighted by Crippen LogP contribution is 2.41. The summed E-state index contributed by atoms with van der Waals surface area (Å²) in [6, 6.07) is 11.0. The minimum absolute atomic E-state index is 0.0418. The Morgan fingerprint density at radius 2 is 2.00 bits per heavy atom. The van der Waals surface area contributed by atoms with Crippen molar-refractivity contribution in [2.75, 3.05) is 44.7 Å². The van der Waals surface area contributed by atoms with Gasteiger partial charge in [0.2, 0.25) is 0 Å². The van der Waals surface area contributed by atoms with Crippen LogP contribution in [0.4, 0.5) is 14.6 Å². The standard InChI is InChI=1S/C31H33ClF2N6O2/c1-35-23-16-39(12-9-24(23)41)29-21-14-36-27(20-7-2-5-18-6-3-8-22(32)25(18)20)26(34)28(21)37-30(38-29)42-17-31-10-4-11-40(31)15-19(33)13-31/h2-3,5-8,14,19,23-24,35,41H,4,9-13,15-17H2,1H3/t19-,23-,24-,31+/m1/s1. The number of aliphatic hydroxyl groups is 1. The fourth-order valence-corrected chi connectivity index (χ4v) is 7.35. The van der Waals surface area contributed by atoms with Crippen LogP contribution in [0.5, 0.6) is 6.01 Å². The summed E-state index contributed by atoms with van der Waals surface area (Å²) in [5.41, 5.74) is 0.394.